The summed E-state index contributed by atoms with van der Waals surface area (Å²) in [6.07, 6.45) is 1.88. The van der Waals surface area contributed by atoms with Crippen LogP contribution >= 0.6 is 23.2 Å². The number of benzene rings is 2. The molecule has 30 heavy (non-hydrogen) atoms. The van der Waals surface area contributed by atoms with Crippen LogP contribution in [0.25, 0.3) is 21.9 Å². The van der Waals surface area contributed by atoms with Gasteiger partial charge in [0.25, 0.3) is 5.56 Å². The Bertz CT molecular complexity index is 1300. The number of carbonyl (C=O) groups excluding carboxylic acids is 1. The van der Waals surface area contributed by atoms with Crippen molar-refractivity contribution >= 4 is 39.8 Å². The minimum atomic E-state index is -0.243. The van der Waals surface area contributed by atoms with Gasteiger partial charge in [0.15, 0.2) is 5.78 Å². The van der Waals surface area contributed by atoms with Crippen LogP contribution in [0.15, 0.2) is 71.7 Å². The number of carbonyl (C=O) groups is 1. The predicted octanol–water partition coefficient (Wildman–Crippen LogP) is 6.01. The Hall–Kier alpha value is -2.95. The first-order valence-electron chi connectivity index (χ1n) is 9.54. The van der Waals surface area contributed by atoms with Crippen LogP contribution in [0, 0.1) is 0 Å². The van der Waals surface area contributed by atoms with Crippen molar-refractivity contribution in [2.24, 2.45) is 0 Å². The third kappa shape index (κ3) is 3.76. The van der Waals surface area contributed by atoms with Gasteiger partial charge in [0, 0.05) is 28.6 Å². The van der Waals surface area contributed by atoms with E-state index in [0.717, 1.165) is 11.1 Å². The van der Waals surface area contributed by atoms with Gasteiger partial charge in [0.1, 0.15) is 5.15 Å². The van der Waals surface area contributed by atoms with E-state index in [0.29, 0.717) is 32.2 Å². The van der Waals surface area contributed by atoms with Crippen molar-refractivity contribution in [2.45, 2.75) is 19.9 Å². The van der Waals surface area contributed by atoms with Gasteiger partial charge < -0.3 is 0 Å². The second-order valence-corrected chi connectivity index (χ2v) is 7.76. The highest BCUT2D eigenvalue weighted by atomic mass is 35.5. The zero-order valence-corrected chi connectivity index (χ0v) is 17.7. The van der Waals surface area contributed by atoms with Crippen molar-refractivity contribution < 1.29 is 4.79 Å². The Labute approximate surface area is 183 Å². The van der Waals surface area contributed by atoms with Crippen molar-refractivity contribution in [3.8, 4) is 11.1 Å². The summed E-state index contributed by atoms with van der Waals surface area (Å²) in [6, 6.07) is 18.2. The molecule has 0 atom stereocenters. The number of rotatable bonds is 5. The van der Waals surface area contributed by atoms with Gasteiger partial charge in [0.2, 0.25) is 0 Å². The van der Waals surface area contributed by atoms with Crippen LogP contribution in [0.5, 0.6) is 0 Å². The van der Waals surface area contributed by atoms with Crippen LogP contribution in [0.4, 0.5) is 0 Å². The minimum Gasteiger partial charge on any atom is -0.300 e. The molecule has 150 valence electrons. The normalized spacial score (nSPS) is 11.0. The Kier molecular flexibility index (Phi) is 5.71. The van der Waals surface area contributed by atoms with E-state index in [-0.39, 0.29) is 24.3 Å². The molecular formula is C24H18Cl2N2O2. The zero-order valence-electron chi connectivity index (χ0n) is 16.2. The average molecular weight is 437 g/mol. The molecule has 0 aliphatic carbocycles. The first-order valence-corrected chi connectivity index (χ1v) is 10.3. The third-order valence-electron chi connectivity index (χ3n) is 5.01. The molecule has 0 unspecified atom stereocenters. The summed E-state index contributed by atoms with van der Waals surface area (Å²) in [5, 5.41) is 2.05. The molecule has 0 saturated heterocycles. The maximum absolute atomic E-state index is 13.5. The second kappa shape index (κ2) is 8.42. The molecule has 2 aromatic carbocycles. The third-order valence-corrected chi connectivity index (χ3v) is 5.47. The van der Waals surface area contributed by atoms with E-state index < -0.39 is 0 Å². The number of halogens is 2. The van der Waals surface area contributed by atoms with Crippen LogP contribution in [0.2, 0.25) is 10.2 Å². The molecule has 0 bridgehead atoms. The van der Waals surface area contributed by atoms with Gasteiger partial charge in [-0.05, 0) is 40.8 Å². The monoisotopic (exact) mass is 436 g/mol. The van der Waals surface area contributed by atoms with E-state index >= 15 is 0 Å². The van der Waals surface area contributed by atoms with Gasteiger partial charge in [-0.25, -0.2) is 4.98 Å². The number of hydrogen-bond acceptors (Lipinski definition) is 3. The largest absolute Gasteiger partial charge is 0.300 e. The zero-order chi connectivity index (χ0) is 21.3. The highest BCUT2D eigenvalue weighted by Gasteiger charge is 2.22. The van der Waals surface area contributed by atoms with E-state index in [1.54, 1.807) is 43.5 Å². The smallest absolute Gasteiger partial charge is 0.259 e. The fraction of sp³-hybridized carbons (Fsp3) is 0.125. The maximum atomic E-state index is 13.5. The molecular weight excluding hydrogens is 419 g/mol. The van der Waals surface area contributed by atoms with Crippen molar-refractivity contribution in [3.05, 3.63) is 98.6 Å². The van der Waals surface area contributed by atoms with Crippen LogP contribution in [-0.2, 0) is 6.54 Å². The first kappa shape index (κ1) is 20.3. The van der Waals surface area contributed by atoms with Crippen molar-refractivity contribution in [3.63, 3.8) is 0 Å². The Balaban J connectivity index is 2.11. The lowest BCUT2D eigenvalue weighted by Gasteiger charge is -2.19. The predicted molar refractivity (Wildman–Crippen MR) is 122 cm³/mol. The topological polar surface area (TPSA) is 52.0 Å². The molecule has 4 nitrogen and oxygen atoms in total. The highest BCUT2D eigenvalue weighted by Crippen LogP contribution is 2.33. The van der Waals surface area contributed by atoms with Crippen molar-refractivity contribution in [1.82, 2.24) is 9.55 Å². The van der Waals surface area contributed by atoms with Gasteiger partial charge in [-0.15, -0.1) is 0 Å². The van der Waals surface area contributed by atoms with E-state index in [9.17, 15) is 9.59 Å². The summed E-state index contributed by atoms with van der Waals surface area (Å²) >= 11 is 12.2. The Morgan fingerprint density at radius 3 is 2.43 bits per heavy atom. The van der Waals surface area contributed by atoms with Crippen molar-refractivity contribution in [1.29, 1.82) is 0 Å². The first-order chi connectivity index (χ1) is 14.5. The number of pyridine rings is 2. The Morgan fingerprint density at radius 1 is 1.00 bits per heavy atom. The van der Waals surface area contributed by atoms with Gasteiger partial charge >= 0.3 is 0 Å². The van der Waals surface area contributed by atoms with Gasteiger partial charge in [-0.1, -0.05) is 66.5 Å². The lowest BCUT2D eigenvalue weighted by atomic mass is 9.94. The SMILES string of the molecule is CCC(=O)c1c(-c2ccccc2)c2cc(Cl)ccc2c(=O)n1Cc1ccc(Cl)nc1. The summed E-state index contributed by atoms with van der Waals surface area (Å²) < 4.78 is 1.54. The lowest BCUT2D eigenvalue weighted by molar-refractivity contribution is 0.0979. The molecule has 4 aromatic rings. The molecule has 0 aliphatic rings. The van der Waals surface area contributed by atoms with Gasteiger partial charge in [-0.2, -0.15) is 0 Å². The molecule has 0 N–H and O–H groups in total. The molecule has 4 rings (SSSR count). The summed E-state index contributed by atoms with van der Waals surface area (Å²) in [4.78, 5) is 30.7. The number of nitrogens with zero attached hydrogens (tertiary/aromatic N) is 2. The number of aromatic nitrogens is 2. The molecule has 0 spiro atoms. The average Bonchev–Trinajstić information content (AvgIpc) is 2.76. The van der Waals surface area contributed by atoms with Crippen molar-refractivity contribution in [2.75, 3.05) is 0 Å². The highest BCUT2D eigenvalue weighted by molar-refractivity contribution is 6.31. The van der Waals surface area contributed by atoms with Gasteiger partial charge in [0.05, 0.1) is 12.2 Å². The van der Waals surface area contributed by atoms with E-state index in [1.165, 1.54) is 4.57 Å². The maximum Gasteiger partial charge on any atom is 0.259 e. The molecule has 6 heteroatoms. The lowest BCUT2D eigenvalue weighted by Crippen LogP contribution is -2.28. The standard InChI is InChI=1S/C24H18Cl2N2O2/c1-2-20(29)23-22(16-6-4-3-5-7-16)19-12-17(25)9-10-18(19)24(30)28(23)14-15-8-11-21(26)27-13-15/h3-13H,2,14H2,1H3. The Morgan fingerprint density at radius 2 is 1.77 bits per heavy atom. The number of ketones is 1. The van der Waals surface area contributed by atoms with Crippen LogP contribution in [-0.4, -0.2) is 15.3 Å². The molecule has 0 amide bonds. The molecule has 2 heterocycles. The molecule has 0 saturated carbocycles. The van der Waals surface area contributed by atoms with E-state index in [2.05, 4.69) is 4.98 Å². The molecule has 0 fully saturated rings. The number of hydrogen-bond donors (Lipinski definition) is 0. The number of fused-ring (bicyclic) bond motifs is 1. The quantitative estimate of drug-likeness (QED) is 0.284. The molecule has 0 aliphatic heterocycles. The van der Waals surface area contributed by atoms with Crippen LogP contribution in [0.1, 0.15) is 29.4 Å². The fourth-order valence-corrected chi connectivity index (χ4v) is 3.89. The summed E-state index contributed by atoms with van der Waals surface area (Å²) in [6.45, 7) is 2.00. The second-order valence-electron chi connectivity index (χ2n) is 6.94. The summed E-state index contributed by atoms with van der Waals surface area (Å²) in [5.41, 5.74) is 2.47. The minimum absolute atomic E-state index is 0.116. The van der Waals surface area contributed by atoms with Crippen LogP contribution < -0.4 is 5.56 Å². The van der Waals surface area contributed by atoms with E-state index in [1.807, 2.05) is 30.3 Å². The number of Topliss-reactive ketones (excluding diaryl/α,β-unsaturated/α-hetero) is 1. The summed E-state index contributed by atoms with van der Waals surface area (Å²) in [5.74, 6) is -0.116. The summed E-state index contributed by atoms with van der Waals surface area (Å²) in [7, 11) is 0. The molecule has 0 radical (unpaired) electrons. The fourth-order valence-electron chi connectivity index (χ4n) is 3.61. The van der Waals surface area contributed by atoms with Crippen LogP contribution in [0.3, 0.4) is 0 Å². The molecule has 2 aromatic heterocycles. The van der Waals surface area contributed by atoms with Gasteiger partial charge in [-0.3, -0.25) is 14.2 Å². The van der Waals surface area contributed by atoms with E-state index in [4.69, 9.17) is 23.2 Å².